The highest BCUT2D eigenvalue weighted by molar-refractivity contribution is 5.99. The Morgan fingerprint density at radius 1 is 0.851 bits per heavy atom. The molecule has 2 unspecified atom stereocenters. The summed E-state index contributed by atoms with van der Waals surface area (Å²) in [5.41, 5.74) is 6.90. The number of nitrogens with zero attached hydrogens (tertiary/aromatic N) is 3. The van der Waals surface area contributed by atoms with E-state index in [4.69, 9.17) is 5.10 Å². The van der Waals surface area contributed by atoms with Crippen LogP contribution in [0.25, 0.3) is 5.69 Å². The van der Waals surface area contributed by atoms with Crippen LogP contribution in [0.4, 0.5) is 16.3 Å². The van der Waals surface area contributed by atoms with E-state index in [9.17, 15) is 9.59 Å². The van der Waals surface area contributed by atoms with Crippen molar-refractivity contribution in [2.75, 3.05) is 10.6 Å². The predicted octanol–water partition coefficient (Wildman–Crippen LogP) is 8.95. The van der Waals surface area contributed by atoms with Gasteiger partial charge in [0.15, 0.2) is 0 Å². The number of aryl methyl sites for hydroxylation is 1. The van der Waals surface area contributed by atoms with Crippen molar-refractivity contribution in [1.29, 1.82) is 0 Å². The molecule has 1 aromatic heterocycles. The molecular formula is C40H49N5O2. The van der Waals surface area contributed by atoms with Gasteiger partial charge >= 0.3 is 6.03 Å². The van der Waals surface area contributed by atoms with Gasteiger partial charge < -0.3 is 10.2 Å². The van der Waals surface area contributed by atoms with Crippen molar-refractivity contribution in [2.24, 2.45) is 11.8 Å². The molecule has 7 nitrogen and oxygen atoms in total. The number of hydrogen-bond donors (Lipinski definition) is 2. The van der Waals surface area contributed by atoms with Gasteiger partial charge in [0.2, 0.25) is 0 Å². The number of amides is 3. The zero-order valence-electron chi connectivity index (χ0n) is 28.7. The Morgan fingerprint density at radius 3 is 2.06 bits per heavy atom. The van der Waals surface area contributed by atoms with Gasteiger partial charge in [0.05, 0.1) is 11.4 Å². The standard InChI is InChI=1S/C40H49N5O2/c1-26(2)21-28-9-13-31(14-10-28)38(46)44-34-19-20-35(44)24-30(23-34)22-29-11-15-32(16-12-29)41-39(47)42-37-25-36(40(4,5)6)43-45(37)33-17-7-27(3)8-18-33/h7-18,25-26,30,34-35H,19-24H2,1-6H3,(H2,41,42,47). The number of fused-ring (bicyclic) bond motifs is 2. The Morgan fingerprint density at radius 2 is 1.47 bits per heavy atom. The number of anilines is 2. The third-order valence-corrected chi connectivity index (χ3v) is 9.64. The molecule has 2 fully saturated rings. The maximum atomic E-state index is 13.5. The molecule has 4 aromatic rings. The molecule has 3 aromatic carbocycles. The molecule has 3 heterocycles. The SMILES string of the molecule is Cc1ccc(-n2nc(C(C)(C)C)cc2NC(=O)Nc2ccc(CC3CC4CCC(C3)N4C(=O)c3ccc(CC(C)C)cc3)cc2)cc1. The lowest BCUT2D eigenvalue weighted by atomic mass is 9.85. The van der Waals surface area contributed by atoms with E-state index in [2.05, 4.69) is 81.3 Å². The smallest absolute Gasteiger partial charge is 0.324 e. The molecule has 0 saturated carbocycles. The van der Waals surface area contributed by atoms with Crippen LogP contribution < -0.4 is 10.6 Å². The summed E-state index contributed by atoms with van der Waals surface area (Å²) in [6.45, 7) is 12.8. The number of benzene rings is 3. The van der Waals surface area contributed by atoms with E-state index in [-0.39, 0.29) is 17.4 Å². The average molecular weight is 632 g/mol. The second kappa shape index (κ2) is 13.4. The summed E-state index contributed by atoms with van der Waals surface area (Å²) in [4.78, 5) is 28.8. The van der Waals surface area contributed by atoms with E-state index in [1.54, 1.807) is 4.68 Å². The maximum absolute atomic E-state index is 13.5. The molecule has 2 atom stereocenters. The molecule has 2 aliphatic rings. The molecule has 0 radical (unpaired) electrons. The molecule has 246 valence electrons. The number of carbonyl (C=O) groups is 2. The Kier molecular flexibility index (Phi) is 9.27. The fourth-order valence-corrected chi connectivity index (χ4v) is 7.25. The first-order valence-electron chi connectivity index (χ1n) is 17.2. The van der Waals surface area contributed by atoms with Crippen LogP contribution in [-0.2, 0) is 18.3 Å². The molecule has 2 saturated heterocycles. The largest absolute Gasteiger partial charge is 0.333 e. The summed E-state index contributed by atoms with van der Waals surface area (Å²) in [5, 5.41) is 10.8. The molecule has 7 heteroatoms. The van der Waals surface area contributed by atoms with Crippen LogP contribution in [0.3, 0.4) is 0 Å². The Bertz CT molecular complexity index is 1680. The van der Waals surface area contributed by atoms with Crippen LogP contribution >= 0.6 is 0 Å². The van der Waals surface area contributed by atoms with Crippen molar-refractivity contribution in [2.45, 2.75) is 97.6 Å². The summed E-state index contributed by atoms with van der Waals surface area (Å²) in [7, 11) is 0. The lowest BCUT2D eigenvalue weighted by Crippen LogP contribution is -2.46. The van der Waals surface area contributed by atoms with E-state index < -0.39 is 0 Å². The van der Waals surface area contributed by atoms with Crippen molar-refractivity contribution in [1.82, 2.24) is 14.7 Å². The first-order chi connectivity index (χ1) is 22.4. The van der Waals surface area contributed by atoms with Crippen LogP contribution in [0.2, 0.25) is 0 Å². The van der Waals surface area contributed by atoms with Gasteiger partial charge in [0, 0.05) is 34.8 Å². The van der Waals surface area contributed by atoms with E-state index in [0.29, 0.717) is 29.7 Å². The molecule has 0 aliphatic carbocycles. The van der Waals surface area contributed by atoms with Gasteiger partial charge in [-0.2, -0.15) is 5.10 Å². The van der Waals surface area contributed by atoms with Crippen molar-refractivity contribution in [3.8, 4) is 5.69 Å². The highest BCUT2D eigenvalue weighted by Crippen LogP contribution is 2.41. The molecule has 3 amide bonds. The number of carbonyl (C=O) groups excluding carboxylic acids is 2. The zero-order chi connectivity index (χ0) is 33.3. The number of hydrogen-bond acceptors (Lipinski definition) is 3. The first kappa shape index (κ1) is 32.5. The minimum absolute atomic E-state index is 0.163. The topological polar surface area (TPSA) is 79.3 Å². The summed E-state index contributed by atoms with van der Waals surface area (Å²) in [6.07, 6.45) is 6.29. The second-order valence-electron chi connectivity index (χ2n) is 15.1. The van der Waals surface area contributed by atoms with Crippen LogP contribution in [0.15, 0.2) is 78.9 Å². The summed E-state index contributed by atoms with van der Waals surface area (Å²) >= 11 is 0. The lowest BCUT2D eigenvalue weighted by Gasteiger charge is -2.39. The molecule has 2 aliphatic heterocycles. The monoisotopic (exact) mass is 631 g/mol. The maximum Gasteiger partial charge on any atom is 0.324 e. The summed E-state index contributed by atoms with van der Waals surface area (Å²) in [5.74, 6) is 1.96. The molecule has 0 spiro atoms. The predicted molar refractivity (Wildman–Crippen MR) is 190 cm³/mol. The zero-order valence-corrected chi connectivity index (χ0v) is 28.7. The van der Waals surface area contributed by atoms with Crippen LogP contribution in [0.5, 0.6) is 0 Å². The van der Waals surface area contributed by atoms with Gasteiger partial charge in [-0.05, 0) is 105 Å². The summed E-state index contributed by atoms with van der Waals surface area (Å²) < 4.78 is 1.79. The van der Waals surface area contributed by atoms with E-state index >= 15 is 0 Å². The van der Waals surface area contributed by atoms with Crippen LogP contribution in [0.1, 0.15) is 93.0 Å². The van der Waals surface area contributed by atoms with E-state index in [0.717, 1.165) is 61.2 Å². The number of rotatable bonds is 8. The van der Waals surface area contributed by atoms with Crippen LogP contribution in [0, 0.1) is 18.8 Å². The fraction of sp³-hybridized carbons (Fsp3) is 0.425. The first-order valence-corrected chi connectivity index (χ1v) is 17.2. The Balaban J connectivity index is 1.05. The molecular weight excluding hydrogens is 582 g/mol. The molecule has 2 bridgehead atoms. The van der Waals surface area contributed by atoms with Crippen molar-refractivity contribution in [3.05, 3.63) is 107 Å². The van der Waals surface area contributed by atoms with Gasteiger partial charge in [-0.25, -0.2) is 9.48 Å². The molecule has 6 rings (SSSR count). The average Bonchev–Trinajstić information content (AvgIpc) is 3.56. The van der Waals surface area contributed by atoms with Gasteiger partial charge in [0.1, 0.15) is 5.82 Å². The number of nitrogens with one attached hydrogen (secondary N) is 2. The normalized spacial score (nSPS) is 19.2. The highest BCUT2D eigenvalue weighted by Gasteiger charge is 2.43. The molecule has 47 heavy (non-hydrogen) atoms. The Hall–Kier alpha value is -4.39. The minimum atomic E-state index is -0.311. The van der Waals surface area contributed by atoms with Crippen molar-refractivity contribution >= 4 is 23.4 Å². The Labute approximate surface area is 279 Å². The molecule has 2 N–H and O–H groups in total. The van der Waals surface area contributed by atoms with Gasteiger partial charge in [-0.15, -0.1) is 0 Å². The summed E-state index contributed by atoms with van der Waals surface area (Å²) in [6, 6.07) is 26.8. The quantitative estimate of drug-likeness (QED) is 0.204. The fourth-order valence-electron chi connectivity index (χ4n) is 7.25. The van der Waals surface area contributed by atoms with Crippen molar-refractivity contribution in [3.63, 3.8) is 0 Å². The van der Waals surface area contributed by atoms with Gasteiger partial charge in [0.25, 0.3) is 5.91 Å². The number of aromatic nitrogens is 2. The van der Waals surface area contributed by atoms with E-state index in [1.165, 1.54) is 16.7 Å². The second-order valence-corrected chi connectivity index (χ2v) is 15.1. The third kappa shape index (κ3) is 7.61. The minimum Gasteiger partial charge on any atom is -0.333 e. The number of piperidine rings is 1. The van der Waals surface area contributed by atoms with E-state index in [1.807, 2.05) is 54.6 Å². The lowest BCUT2D eigenvalue weighted by molar-refractivity contribution is 0.0524. The highest BCUT2D eigenvalue weighted by atomic mass is 16.2. The van der Waals surface area contributed by atoms with Crippen LogP contribution in [-0.4, -0.2) is 38.7 Å². The van der Waals surface area contributed by atoms with Gasteiger partial charge in [-0.1, -0.05) is 76.6 Å². The van der Waals surface area contributed by atoms with Crippen molar-refractivity contribution < 1.29 is 9.59 Å². The van der Waals surface area contributed by atoms with Gasteiger partial charge in [-0.3, -0.25) is 10.1 Å². The number of urea groups is 1. The third-order valence-electron chi connectivity index (χ3n) is 9.64.